The van der Waals surface area contributed by atoms with Crippen molar-refractivity contribution in [3.63, 3.8) is 0 Å². The molecule has 0 aliphatic heterocycles. The summed E-state index contributed by atoms with van der Waals surface area (Å²) in [5, 5.41) is 12.0. The Hall–Kier alpha value is -1.28. The Morgan fingerprint density at radius 3 is 2.50 bits per heavy atom. The van der Waals surface area contributed by atoms with Crippen LogP contribution in [-0.2, 0) is 10.0 Å². The maximum atomic E-state index is 12.2. The molecule has 5 nitrogen and oxygen atoms in total. The van der Waals surface area contributed by atoms with Crippen LogP contribution in [0.2, 0.25) is 10.0 Å². The number of rotatable bonds is 4. The van der Waals surface area contributed by atoms with Crippen LogP contribution in [0, 0.1) is 0 Å². The normalized spacial score (nSPS) is 11.3. The molecule has 0 atom stereocenters. The quantitative estimate of drug-likeness (QED) is 0.881. The summed E-state index contributed by atoms with van der Waals surface area (Å²) in [6.07, 6.45) is 0. The topological polar surface area (TPSA) is 83.5 Å². The average molecular weight is 352 g/mol. The highest BCUT2D eigenvalue weighted by atomic mass is 35.5. The molecule has 2 N–H and O–H groups in total. The van der Waals surface area contributed by atoms with Gasteiger partial charge in [-0.2, -0.15) is 11.3 Å². The third kappa shape index (κ3) is 3.06. The second-order valence-electron chi connectivity index (χ2n) is 3.69. The molecule has 0 saturated carbocycles. The van der Waals surface area contributed by atoms with E-state index in [4.69, 9.17) is 28.3 Å². The van der Waals surface area contributed by atoms with Crippen molar-refractivity contribution in [2.45, 2.75) is 4.90 Å². The standard InChI is InChI=1S/C11H7Cl2NO4S2/c12-8-4-9(13)10(3-7(8)11(15)16)20(17,18)14-6-1-2-19-5-6/h1-5,14H,(H,15,16). The number of sulfonamides is 1. The molecule has 1 aromatic heterocycles. The summed E-state index contributed by atoms with van der Waals surface area (Å²) in [6.45, 7) is 0. The van der Waals surface area contributed by atoms with Gasteiger partial charge >= 0.3 is 5.97 Å². The molecule has 2 aromatic rings. The van der Waals surface area contributed by atoms with Crippen molar-refractivity contribution in [3.8, 4) is 0 Å². The minimum absolute atomic E-state index is 0.128. The molecule has 0 unspecified atom stereocenters. The molecule has 9 heteroatoms. The highest BCUT2D eigenvalue weighted by molar-refractivity contribution is 7.92. The van der Waals surface area contributed by atoms with Crippen LogP contribution in [0.25, 0.3) is 0 Å². The van der Waals surface area contributed by atoms with E-state index >= 15 is 0 Å². The highest BCUT2D eigenvalue weighted by Crippen LogP contribution is 2.30. The minimum Gasteiger partial charge on any atom is -0.478 e. The Kier molecular flexibility index (Phi) is 4.24. The van der Waals surface area contributed by atoms with Gasteiger partial charge in [0.2, 0.25) is 0 Å². The fraction of sp³-hybridized carbons (Fsp3) is 0. The summed E-state index contributed by atoms with van der Waals surface area (Å²) in [6, 6.07) is 3.60. The van der Waals surface area contributed by atoms with E-state index in [1.54, 1.807) is 16.8 Å². The smallest absolute Gasteiger partial charge is 0.337 e. The van der Waals surface area contributed by atoms with Gasteiger partial charge in [0.1, 0.15) is 4.90 Å². The Morgan fingerprint density at radius 1 is 1.25 bits per heavy atom. The minimum atomic E-state index is -3.98. The van der Waals surface area contributed by atoms with Gasteiger partial charge in [-0.15, -0.1) is 0 Å². The number of carboxylic acid groups (broad SMARTS) is 1. The van der Waals surface area contributed by atoms with E-state index in [0.29, 0.717) is 5.69 Å². The maximum absolute atomic E-state index is 12.2. The molecule has 0 aliphatic carbocycles. The van der Waals surface area contributed by atoms with E-state index in [2.05, 4.69) is 4.72 Å². The molecule has 0 amide bonds. The van der Waals surface area contributed by atoms with Gasteiger partial charge in [0.15, 0.2) is 0 Å². The van der Waals surface area contributed by atoms with Gasteiger partial charge in [-0.05, 0) is 23.6 Å². The molecular weight excluding hydrogens is 345 g/mol. The number of aromatic carboxylic acids is 1. The number of hydrogen-bond donors (Lipinski definition) is 2. The zero-order valence-electron chi connectivity index (χ0n) is 9.63. The first kappa shape index (κ1) is 15.1. The van der Waals surface area contributed by atoms with E-state index in [-0.39, 0.29) is 20.5 Å². The van der Waals surface area contributed by atoms with Crippen LogP contribution < -0.4 is 4.72 Å². The van der Waals surface area contributed by atoms with Gasteiger partial charge < -0.3 is 5.11 Å². The van der Waals surface area contributed by atoms with E-state index < -0.39 is 16.0 Å². The van der Waals surface area contributed by atoms with Gasteiger partial charge in [0, 0.05) is 5.38 Å². The van der Waals surface area contributed by atoms with E-state index in [1.165, 1.54) is 11.3 Å². The van der Waals surface area contributed by atoms with E-state index in [9.17, 15) is 13.2 Å². The lowest BCUT2D eigenvalue weighted by Crippen LogP contribution is -2.14. The Bertz CT molecular complexity index is 757. The van der Waals surface area contributed by atoms with Crippen LogP contribution in [0.5, 0.6) is 0 Å². The summed E-state index contributed by atoms with van der Waals surface area (Å²) in [7, 11) is -3.98. The number of hydrogen-bond acceptors (Lipinski definition) is 4. The maximum Gasteiger partial charge on any atom is 0.337 e. The van der Waals surface area contributed by atoms with Crippen molar-refractivity contribution in [1.29, 1.82) is 0 Å². The summed E-state index contributed by atoms with van der Waals surface area (Å²) in [4.78, 5) is 10.6. The molecule has 0 bridgehead atoms. The molecule has 1 aromatic carbocycles. The average Bonchev–Trinajstić information content (AvgIpc) is 2.79. The van der Waals surface area contributed by atoms with E-state index in [0.717, 1.165) is 12.1 Å². The fourth-order valence-corrected chi connectivity index (χ4v) is 4.00. The fourth-order valence-electron chi connectivity index (χ4n) is 1.43. The van der Waals surface area contributed by atoms with Crippen molar-refractivity contribution < 1.29 is 18.3 Å². The Labute approximate surface area is 128 Å². The predicted molar refractivity (Wildman–Crippen MR) is 78.5 cm³/mol. The first-order chi connectivity index (χ1) is 9.31. The van der Waals surface area contributed by atoms with Crippen LogP contribution in [0.3, 0.4) is 0 Å². The van der Waals surface area contributed by atoms with Crippen LogP contribution >= 0.6 is 34.5 Å². The monoisotopic (exact) mass is 351 g/mol. The first-order valence-electron chi connectivity index (χ1n) is 5.08. The number of nitrogens with one attached hydrogen (secondary N) is 1. The number of halogens is 2. The van der Waals surface area contributed by atoms with Crippen molar-refractivity contribution in [2.75, 3.05) is 4.72 Å². The molecule has 0 aliphatic rings. The van der Waals surface area contributed by atoms with Crippen LogP contribution in [0.4, 0.5) is 5.69 Å². The van der Waals surface area contributed by atoms with Crippen molar-refractivity contribution >= 4 is 56.2 Å². The number of benzene rings is 1. The number of anilines is 1. The van der Waals surface area contributed by atoms with Gasteiger partial charge in [-0.3, -0.25) is 4.72 Å². The van der Waals surface area contributed by atoms with Crippen molar-refractivity contribution in [3.05, 3.63) is 44.6 Å². The van der Waals surface area contributed by atoms with Crippen LogP contribution in [-0.4, -0.2) is 19.5 Å². The third-order valence-electron chi connectivity index (χ3n) is 2.31. The number of carboxylic acids is 1. The lowest BCUT2D eigenvalue weighted by Gasteiger charge is -2.10. The second-order valence-corrected chi connectivity index (χ2v) is 6.93. The lowest BCUT2D eigenvalue weighted by atomic mass is 10.2. The summed E-state index contributed by atoms with van der Waals surface area (Å²) in [5.74, 6) is -1.33. The highest BCUT2D eigenvalue weighted by Gasteiger charge is 2.22. The summed E-state index contributed by atoms with van der Waals surface area (Å²) >= 11 is 12.9. The molecule has 0 radical (unpaired) electrons. The van der Waals surface area contributed by atoms with E-state index in [1.807, 2.05) is 0 Å². The van der Waals surface area contributed by atoms with Crippen LogP contribution in [0.1, 0.15) is 10.4 Å². The Balaban J connectivity index is 2.51. The van der Waals surface area contributed by atoms with Gasteiger partial charge in [-0.1, -0.05) is 23.2 Å². The summed E-state index contributed by atoms with van der Waals surface area (Å²) < 4.78 is 26.7. The van der Waals surface area contributed by atoms with Crippen molar-refractivity contribution in [2.24, 2.45) is 0 Å². The zero-order chi connectivity index (χ0) is 14.9. The Morgan fingerprint density at radius 2 is 1.95 bits per heavy atom. The zero-order valence-corrected chi connectivity index (χ0v) is 12.8. The summed E-state index contributed by atoms with van der Waals surface area (Å²) in [5.41, 5.74) is 0.0413. The molecule has 1 heterocycles. The molecule has 0 saturated heterocycles. The third-order valence-corrected chi connectivity index (χ3v) is 5.16. The molecule has 2 rings (SSSR count). The van der Waals surface area contributed by atoms with Crippen LogP contribution in [0.15, 0.2) is 33.9 Å². The second kappa shape index (κ2) is 5.61. The molecule has 20 heavy (non-hydrogen) atoms. The SMILES string of the molecule is O=C(O)c1cc(S(=O)(=O)Nc2ccsc2)c(Cl)cc1Cl. The molecule has 0 fully saturated rings. The largest absolute Gasteiger partial charge is 0.478 e. The van der Waals surface area contributed by atoms with Gasteiger partial charge in [-0.25, -0.2) is 13.2 Å². The number of thiophene rings is 1. The molecule has 106 valence electrons. The van der Waals surface area contributed by atoms with Crippen molar-refractivity contribution in [1.82, 2.24) is 0 Å². The van der Waals surface area contributed by atoms with Gasteiger partial charge in [0.25, 0.3) is 10.0 Å². The first-order valence-corrected chi connectivity index (χ1v) is 8.27. The lowest BCUT2D eigenvalue weighted by molar-refractivity contribution is 0.0697. The predicted octanol–water partition coefficient (Wildman–Crippen LogP) is 3.55. The van der Waals surface area contributed by atoms with Gasteiger partial charge in [0.05, 0.1) is 21.3 Å². The number of carbonyl (C=O) groups is 1. The molecular formula is C11H7Cl2NO4S2. The molecule has 0 spiro atoms.